The summed E-state index contributed by atoms with van der Waals surface area (Å²) in [5, 5.41) is 0. The first kappa shape index (κ1) is 12.9. The van der Waals surface area contributed by atoms with Gasteiger partial charge in [0, 0.05) is 11.1 Å². The van der Waals surface area contributed by atoms with E-state index in [2.05, 4.69) is 0 Å². The molecule has 2 aromatic carbocycles. The molecule has 1 aliphatic rings. The second kappa shape index (κ2) is 4.76. The number of benzene rings is 2. The second-order valence-electron chi connectivity index (χ2n) is 4.56. The van der Waals surface area contributed by atoms with Crippen LogP contribution >= 0.6 is 0 Å². The molecule has 5 heteroatoms. The minimum Gasteiger partial charge on any atom is -0.372 e. The Hall–Kier alpha value is -2.14. The van der Waals surface area contributed by atoms with E-state index < -0.39 is 23.2 Å². The average Bonchev–Trinajstić information content (AvgIpc) is 2.90. The number of hydrogen-bond donors (Lipinski definition) is 0. The number of halogens is 3. The van der Waals surface area contributed by atoms with Gasteiger partial charge in [-0.2, -0.15) is 0 Å². The van der Waals surface area contributed by atoms with Crippen LogP contribution in [0.1, 0.15) is 27.0 Å². The largest absolute Gasteiger partial charge is 0.372 e. The molecule has 0 bridgehead atoms. The van der Waals surface area contributed by atoms with E-state index in [4.69, 9.17) is 4.74 Å². The van der Waals surface area contributed by atoms with Crippen LogP contribution in [0.2, 0.25) is 0 Å². The number of hydrogen-bond acceptors (Lipinski definition) is 2. The number of ether oxygens (including phenoxy) is 1. The average molecular weight is 278 g/mol. The van der Waals surface area contributed by atoms with E-state index in [1.165, 1.54) is 0 Å². The van der Waals surface area contributed by atoms with Gasteiger partial charge in [-0.25, -0.2) is 13.2 Å². The summed E-state index contributed by atoms with van der Waals surface area (Å²) in [5.41, 5.74) is 1.93. The van der Waals surface area contributed by atoms with Crippen LogP contribution in [0, 0.1) is 17.5 Å². The number of ketones is 1. The molecular weight excluding hydrogens is 269 g/mol. The Kier molecular flexibility index (Phi) is 3.06. The van der Waals surface area contributed by atoms with Crippen LogP contribution in [0.25, 0.3) is 0 Å². The Morgan fingerprint density at radius 3 is 2.25 bits per heavy atom. The maximum Gasteiger partial charge on any atom is 0.194 e. The third kappa shape index (κ3) is 2.10. The lowest BCUT2D eigenvalue weighted by Gasteiger charge is -2.05. The van der Waals surface area contributed by atoms with E-state index in [1.54, 1.807) is 18.2 Å². The molecule has 20 heavy (non-hydrogen) atoms. The van der Waals surface area contributed by atoms with Gasteiger partial charge in [-0.3, -0.25) is 4.79 Å². The van der Waals surface area contributed by atoms with Crippen molar-refractivity contribution in [1.82, 2.24) is 0 Å². The molecule has 0 saturated carbocycles. The molecular formula is C15H9F3O2. The predicted molar refractivity (Wildman–Crippen MR) is 64.7 cm³/mol. The minimum absolute atomic E-state index is 0.222. The zero-order chi connectivity index (χ0) is 14.3. The molecule has 0 amide bonds. The molecule has 0 unspecified atom stereocenters. The zero-order valence-corrected chi connectivity index (χ0v) is 10.3. The van der Waals surface area contributed by atoms with Crippen molar-refractivity contribution in [2.24, 2.45) is 0 Å². The number of rotatable bonds is 2. The normalized spacial score (nSPS) is 13.3. The molecule has 2 nitrogen and oxygen atoms in total. The lowest BCUT2D eigenvalue weighted by molar-refractivity contribution is 0.103. The van der Waals surface area contributed by atoms with Crippen LogP contribution < -0.4 is 0 Å². The van der Waals surface area contributed by atoms with Gasteiger partial charge in [0.05, 0.1) is 13.2 Å². The molecule has 1 heterocycles. The molecule has 0 aliphatic carbocycles. The lowest BCUT2D eigenvalue weighted by atomic mass is 9.99. The molecule has 0 saturated heterocycles. The third-order valence-corrected chi connectivity index (χ3v) is 3.23. The highest BCUT2D eigenvalue weighted by Crippen LogP contribution is 2.23. The third-order valence-electron chi connectivity index (χ3n) is 3.23. The lowest BCUT2D eigenvalue weighted by Crippen LogP contribution is -2.05. The topological polar surface area (TPSA) is 26.3 Å². The summed E-state index contributed by atoms with van der Waals surface area (Å²) in [4.78, 5) is 12.2. The smallest absolute Gasteiger partial charge is 0.194 e. The summed E-state index contributed by atoms with van der Waals surface area (Å²) in [7, 11) is 0. The quantitative estimate of drug-likeness (QED) is 0.622. The van der Waals surface area contributed by atoms with Crippen molar-refractivity contribution < 1.29 is 22.7 Å². The van der Waals surface area contributed by atoms with Gasteiger partial charge in [0.15, 0.2) is 23.2 Å². The first-order valence-electron chi connectivity index (χ1n) is 5.95. The van der Waals surface area contributed by atoms with Gasteiger partial charge < -0.3 is 4.74 Å². The summed E-state index contributed by atoms with van der Waals surface area (Å²) in [6.45, 7) is 0.895. The summed E-state index contributed by atoms with van der Waals surface area (Å²) in [5.74, 6) is -4.89. The maximum absolute atomic E-state index is 13.1. The predicted octanol–water partition coefficient (Wildman–Crippen LogP) is 3.37. The van der Waals surface area contributed by atoms with Crippen molar-refractivity contribution in [1.29, 1.82) is 0 Å². The summed E-state index contributed by atoms with van der Waals surface area (Å²) in [6.07, 6.45) is 0. The SMILES string of the molecule is O=C(c1cc(F)c(F)c(F)c1)c1ccc2c(c1)COC2. The Labute approximate surface area is 112 Å². The van der Waals surface area contributed by atoms with E-state index in [9.17, 15) is 18.0 Å². The van der Waals surface area contributed by atoms with Gasteiger partial charge in [-0.15, -0.1) is 0 Å². The van der Waals surface area contributed by atoms with Crippen LogP contribution in [0.15, 0.2) is 30.3 Å². The fourth-order valence-corrected chi connectivity index (χ4v) is 2.17. The van der Waals surface area contributed by atoms with Crippen LogP contribution in [0.4, 0.5) is 13.2 Å². The summed E-state index contributed by atoms with van der Waals surface area (Å²) < 4.78 is 44.4. The Balaban J connectivity index is 2.00. The van der Waals surface area contributed by atoms with Gasteiger partial charge in [0.2, 0.25) is 0 Å². The number of carbonyl (C=O) groups is 1. The van der Waals surface area contributed by atoms with Crippen molar-refractivity contribution in [2.75, 3.05) is 0 Å². The highest BCUT2D eigenvalue weighted by molar-refractivity contribution is 6.09. The maximum atomic E-state index is 13.1. The van der Waals surface area contributed by atoms with Gasteiger partial charge >= 0.3 is 0 Å². The van der Waals surface area contributed by atoms with E-state index in [1.807, 2.05) is 0 Å². The summed E-state index contributed by atoms with van der Waals surface area (Å²) in [6, 6.07) is 6.33. The fraction of sp³-hybridized carbons (Fsp3) is 0.133. The molecule has 0 N–H and O–H groups in total. The highest BCUT2D eigenvalue weighted by Gasteiger charge is 2.18. The molecule has 0 radical (unpaired) electrons. The number of carbonyl (C=O) groups excluding carboxylic acids is 1. The van der Waals surface area contributed by atoms with Crippen LogP contribution in [-0.4, -0.2) is 5.78 Å². The monoisotopic (exact) mass is 278 g/mol. The molecule has 102 valence electrons. The second-order valence-corrected chi connectivity index (χ2v) is 4.56. The minimum atomic E-state index is -1.58. The van der Waals surface area contributed by atoms with Crippen LogP contribution in [0.5, 0.6) is 0 Å². The molecule has 0 spiro atoms. The Morgan fingerprint density at radius 2 is 1.55 bits per heavy atom. The van der Waals surface area contributed by atoms with Gasteiger partial charge in [-0.1, -0.05) is 12.1 Å². The highest BCUT2D eigenvalue weighted by atomic mass is 19.2. The first-order chi connectivity index (χ1) is 9.56. The Bertz CT molecular complexity index is 687. The van der Waals surface area contributed by atoms with Gasteiger partial charge in [0.1, 0.15) is 0 Å². The van der Waals surface area contributed by atoms with E-state index in [-0.39, 0.29) is 5.56 Å². The molecule has 3 rings (SSSR count). The van der Waals surface area contributed by atoms with Crippen molar-refractivity contribution in [2.45, 2.75) is 13.2 Å². The van der Waals surface area contributed by atoms with Gasteiger partial charge in [0.25, 0.3) is 0 Å². The van der Waals surface area contributed by atoms with E-state index >= 15 is 0 Å². The van der Waals surface area contributed by atoms with Crippen molar-refractivity contribution in [3.63, 3.8) is 0 Å². The van der Waals surface area contributed by atoms with Crippen LogP contribution in [0.3, 0.4) is 0 Å². The van der Waals surface area contributed by atoms with E-state index in [0.717, 1.165) is 11.1 Å². The molecule has 1 aliphatic heterocycles. The standard InChI is InChI=1S/C15H9F3O2/c16-12-4-10(5-13(17)14(12)18)15(19)8-1-2-9-6-20-7-11(9)3-8/h1-5H,6-7H2. The van der Waals surface area contributed by atoms with Gasteiger partial charge in [-0.05, 0) is 29.3 Å². The molecule has 0 atom stereocenters. The zero-order valence-electron chi connectivity index (χ0n) is 10.3. The molecule has 2 aromatic rings. The number of fused-ring (bicyclic) bond motifs is 1. The Morgan fingerprint density at radius 1 is 0.900 bits per heavy atom. The van der Waals surface area contributed by atoms with Crippen molar-refractivity contribution in [3.05, 3.63) is 70.0 Å². The molecule has 0 fully saturated rings. The molecule has 0 aromatic heterocycles. The fourth-order valence-electron chi connectivity index (χ4n) is 2.17. The van der Waals surface area contributed by atoms with E-state index in [0.29, 0.717) is 30.9 Å². The van der Waals surface area contributed by atoms with Crippen molar-refractivity contribution >= 4 is 5.78 Å². The summed E-state index contributed by atoms with van der Waals surface area (Å²) >= 11 is 0. The van der Waals surface area contributed by atoms with Crippen molar-refractivity contribution in [3.8, 4) is 0 Å². The first-order valence-corrected chi connectivity index (χ1v) is 5.95. The van der Waals surface area contributed by atoms with Crippen LogP contribution in [-0.2, 0) is 18.0 Å².